The van der Waals surface area contributed by atoms with Crippen LogP contribution in [0.15, 0.2) is 194 Å². The van der Waals surface area contributed by atoms with Crippen molar-refractivity contribution in [2.75, 3.05) is 0 Å². The second-order valence-electron chi connectivity index (χ2n) is 15.6. The van der Waals surface area contributed by atoms with Crippen molar-refractivity contribution in [1.29, 1.82) is 0 Å². The van der Waals surface area contributed by atoms with Crippen LogP contribution < -0.4 is 0 Å². The third-order valence-corrected chi connectivity index (χ3v) is 12.5. The van der Waals surface area contributed by atoms with Gasteiger partial charge in [-0.3, -0.25) is 0 Å². The Labute approximate surface area is 342 Å². The Morgan fingerprint density at radius 3 is 1.17 bits per heavy atom. The Kier molecular flexibility index (Phi) is 7.39. The number of nitrogens with zero attached hydrogens (tertiary/aromatic N) is 4. The number of hydrogen-bond acceptors (Lipinski definition) is 0. The lowest BCUT2D eigenvalue weighted by Gasteiger charge is -2.18. The highest BCUT2D eigenvalue weighted by Crippen LogP contribution is 2.45. The molecule has 0 radical (unpaired) electrons. The van der Waals surface area contributed by atoms with E-state index < -0.39 is 0 Å². The first-order valence-corrected chi connectivity index (χ1v) is 20.6. The van der Waals surface area contributed by atoms with E-state index in [1.54, 1.807) is 0 Å². The maximum Gasteiger partial charge on any atom is 0.0788 e. The van der Waals surface area contributed by atoms with E-state index in [1.165, 1.54) is 87.9 Å². The van der Waals surface area contributed by atoms with E-state index in [0.29, 0.717) is 0 Å². The third kappa shape index (κ3) is 4.77. The highest BCUT2D eigenvalue weighted by atomic mass is 15.1. The number of aromatic nitrogens is 4. The van der Waals surface area contributed by atoms with Crippen LogP contribution in [-0.4, -0.2) is 18.3 Å². The second-order valence-corrected chi connectivity index (χ2v) is 15.6. The smallest absolute Gasteiger partial charge is 0.0788 e. The molecule has 0 saturated carbocycles. The van der Waals surface area contributed by atoms with Crippen LogP contribution in [0.1, 0.15) is 18.1 Å². The minimum atomic E-state index is 0.906. The largest absolute Gasteiger partial charge is 0.307 e. The summed E-state index contributed by atoms with van der Waals surface area (Å²) >= 11 is 0. The van der Waals surface area contributed by atoms with E-state index in [1.807, 2.05) is 0 Å². The average Bonchev–Trinajstić information content (AvgIpc) is 4.01. The molecule has 0 atom stereocenters. The van der Waals surface area contributed by atoms with Crippen molar-refractivity contribution in [3.05, 3.63) is 205 Å². The lowest BCUT2D eigenvalue weighted by atomic mass is 10.0. The van der Waals surface area contributed by atoms with Crippen molar-refractivity contribution in [3.8, 4) is 34.1 Å². The van der Waals surface area contributed by atoms with Gasteiger partial charge in [0.15, 0.2) is 0 Å². The zero-order valence-corrected chi connectivity index (χ0v) is 33.0. The molecule has 0 aliphatic rings. The topological polar surface area (TPSA) is 19.7 Å². The molecule has 8 aromatic carbocycles. The maximum absolute atomic E-state index is 2.51. The van der Waals surface area contributed by atoms with Crippen molar-refractivity contribution in [3.63, 3.8) is 0 Å². The Morgan fingerprint density at radius 1 is 0.305 bits per heavy atom. The molecule has 0 bridgehead atoms. The van der Waals surface area contributed by atoms with Gasteiger partial charge in [-0.2, -0.15) is 0 Å². The van der Waals surface area contributed by atoms with Crippen molar-refractivity contribution in [1.82, 2.24) is 18.3 Å². The molecule has 12 aromatic rings. The number of rotatable bonds is 6. The lowest BCUT2D eigenvalue weighted by Crippen LogP contribution is -2.05. The lowest BCUT2D eigenvalue weighted by molar-refractivity contribution is 1.04. The molecule has 0 aliphatic heterocycles. The number of aryl methyl sites for hydroxylation is 2. The SMILES string of the molecule is CCc1c(-c2c(C)c3ccccc3n2-c2ccccc2)n(-c2ccc(-n3c4ccccc4c4ccc5c6ccccc6n(-c6ccccc6)c5c43)cc2)c2ccccc12. The van der Waals surface area contributed by atoms with Crippen molar-refractivity contribution in [2.24, 2.45) is 0 Å². The molecular formula is C55H40N4. The first-order valence-electron chi connectivity index (χ1n) is 20.6. The standard InChI is InChI=1S/C55H40N4/c1-3-41-43-23-11-15-27-49(43)58(53(41)52-36(2)42-22-10-14-26-48(42)56(52)37-18-6-4-7-19-37)39-30-32-40(33-31-39)59-51-29-17-13-25-45(51)47-35-34-46-44-24-12-16-28-50(44)57(54(46)55(47)59)38-20-8-5-9-21-38/h4-35H,3H2,1-2H3. The molecular weight excluding hydrogens is 717 g/mol. The third-order valence-electron chi connectivity index (χ3n) is 12.5. The quantitative estimate of drug-likeness (QED) is 0.161. The summed E-state index contributed by atoms with van der Waals surface area (Å²) < 4.78 is 9.92. The molecule has 4 aromatic heterocycles. The average molecular weight is 757 g/mol. The van der Waals surface area contributed by atoms with Crippen molar-refractivity contribution in [2.45, 2.75) is 20.3 Å². The Morgan fingerprint density at radius 2 is 0.661 bits per heavy atom. The normalized spacial score (nSPS) is 12.0. The Bertz CT molecular complexity index is 3580. The fourth-order valence-electron chi connectivity index (χ4n) is 10.1. The number of fused-ring (bicyclic) bond motifs is 9. The van der Waals surface area contributed by atoms with Crippen LogP contribution >= 0.6 is 0 Å². The number of para-hydroxylation sites is 6. The van der Waals surface area contributed by atoms with Crippen LogP contribution in [0, 0.1) is 6.92 Å². The molecule has 0 fully saturated rings. The summed E-state index contributed by atoms with van der Waals surface area (Å²) in [5.74, 6) is 0. The van der Waals surface area contributed by atoms with Gasteiger partial charge in [0.2, 0.25) is 0 Å². The van der Waals surface area contributed by atoms with E-state index >= 15 is 0 Å². The zero-order valence-electron chi connectivity index (χ0n) is 33.0. The summed E-state index contributed by atoms with van der Waals surface area (Å²) in [7, 11) is 0. The van der Waals surface area contributed by atoms with Crippen LogP contribution in [0.25, 0.3) is 99.6 Å². The van der Waals surface area contributed by atoms with Gasteiger partial charge in [0.1, 0.15) is 0 Å². The van der Waals surface area contributed by atoms with Gasteiger partial charge in [-0.25, -0.2) is 0 Å². The van der Waals surface area contributed by atoms with Crippen LogP contribution in [0.3, 0.4) is 0 Å². The predicted molar refractivity (Wildman–Crippen MR) is 248 cm³/mol. The summed E-state index contributed by atoms with van der Waals surface area (Å²) in [4.78, 5) is 0. The highest BCUT2D eigenvalue weighted by Gasteiger charge is 2.26. The van der Waals surface area contributed by atoms with E-state index in [0.717, 1.165) is 29.2 Å². The van der Waals surface area contributed by atoms with E-state index in [-0.39, 0.29) is 0 Å². The number of hydrogen-bond donors (Lipinski definition) is 0. The highest BCUT2D eigenvalue weighted by molar-refractivity contribution is 6.23. The van der Waals surface area contributed by atoms with Crippen molar-refractivity contribution < 1.29 is 0 Å². The van der Waals surface area contributed by atoms with Crippen molar-refractivity contribution >= 4 is 65.4 Å². The van der Waals surface area contributed by atoms with Gasteiger partial charge in [-0.1, -0.05) is 128 Å². The molecule has 59 heavy (non-hydrogen) atoms. The molecule has 4 heterocycles. The van der Waals surface area contributed by atoms with Crippen LogP contribution in [0.5, 0.6) is 0 Å². The molecule has 0 aliphatic carbocycles. The first kappa shape index (κ1) is 33.6. The van der Waals surface area contributed by atoms with Crippen LogP contribution in [0.4, 0.5) is 0 Å². The van der Waals surface area contributed by atoms with E-state index in [2.05, 4.69) is 226 Å². The fourth-order valence-corrected chi connectivity index (χ4v) is 10.1. The summed E-state index contributed by atoms with van der Waals surface area (Å²) in [6.07, 6.45) is 0.906. The molecule has 0 N–H and O–H groups in total. The predicted octanol–water partition coefficient (Wildman–Crippen LogP) is 14.3. The first-order chi connectivity index (χ1) is 29.2. The zero-order chi connectivity index (χ0) is 39.2. The molecule has 0 unspecified atom stereocenters. The molecule has 0 amide bonds. The van der Waals surface area contributed by atoms with Gasteiger partial charge < -0.3 is 18.3 Å². The number of benzene rings is 8. The Hall–Kier alpha value is -7.56. The summed E-state index contributed by atoms with van der Waals surface area (Å²) in [6, 6.07) is 71.0. The molecule has 0 saturated heterocycles. The minimum Gasteiger partial charge on any atom is -0.307 e. The van der Waals surface area contributed by atoms with E-state index in [9.17, 15) is 0 Å². The van der Waals surface area contributed by atoms with Gasteiger partial charge in [0.25, 0.3) is 0 Å². The minimum absolute atomic E-state index is 0.906. The summed E-state index contributed by atoms with van der Waals surface area (Å²) in [6.45, 7) is 4.58. The van der Waals surface area contributed by atoms with Gasteiger partial charge >= 0.3 is 0 Å². The molecule has 4 heteroatoms. The second kappa shape index (κ2) is 13.0. The fraction of sp³-hybridized carbons (Fsp3) is 0.0545. The van der Waals surface area contributed by atoms with Gasteiger partial charge in [0.05, 0.1) is 44.5 Å². The monoisotopic (exact) mass is 756 g/mol. The molecule has 12 rings (SSSR count). The molecule has 4 nitrogen and oxygen atoms in total. The summed E-state index contributed by atoms with van der Waals surface area (Å²) in [5.41, 5.74) is 16.9. The van der Waals surface area contributed by atoms with Gasteiger partial charge in [-0.15, -0.1) is 0 Å². The van der Waals surface area contributed by atoms with Gasteiger partial charge in [0, 0.05) is 55.1 Å². The Balaban J connectivity index is 1.14. The molecule has 280 valence electrons. The van der Waals surface area contributed by atoms with Crippen LogP contribution in [-0.2, 0) is 6.42 Å². The van der Waals surface area contributed by atoms with Gasteiger partial charge in [-0.05, 0) is 97.3 Å². The summed E-state index contributed by atoms with van der Waals surface area (Å²) in [5, 5.41) is 7.55. The van der Waals surface area contributed by atoms with Crippen LogP contribution in [0.2, 0.25) is 0 Å². The van der Waals surface area contributed by atoms with E-state index in [4.69, 9.17) is 0 Å². The molecule has 0 spiro atoms. The maximum atomic E-state index is 2.51.